The molecular weight excluding hydrogens is 230 g/mol. The van der Waals surface area contributed by atoms with Crippen molar-refractivity contribution >= 4 is 0 Å². The van der Waals surface area contributed by atoms with Crippen LogP contribution >= 0.6 is 0 Å². The van der Waals surface area contributed by atoms with Crippen LogP contribution in [0.15, 0.2) is 36.8 Å². The smallest absolute Gasteiger partial charge is 0.238 e. The van der Waals surface area contributed by atoms with E-state index in [9.17, 15) is 5.11 Å². The zero-order valence-electron chi connectivity index (χ0n) is 10.2. The van der Waals surface area contributed by atoms with E-state index in [2.05, 4.69) is 15.0 Å². The van der Waals surface area contributed by atoms with E-state index in [1.165, 1.54) is 13.3 Å². The second-order valence-electron chi connectivity index (χ2n) is 3.83. The van der Waals surface area contributed by atoms with Gasteiger partial charge in [0, 0.05) is 24.3 Å². The van der Waals surface area contributed by atoms with Crippen LogP contribution in [0.25, 0.3) is 0 Å². The molecule has 2 aromatic rings. The summed E-state index contributed by atoms with van der Waals surface area (Å²) in [5.74, 6) is 0.367. The second kappa shape index (κ2) is 6.07. The number of ether oxygens (including phenoxy) is 1. The first-order chi connectivity index (χ1) is 8.81. The third-order valence-electron chi connectivity index (χ3n) is 2.60. The van der Waals surface area contributed by atoms with Crippen molar-refractivity contribution in [2.24, 2.45) is 0 Å². The molecule has 2 rings (SSSR count). The second-order valence-corrected chi connectivity index (χ2v) is 3.83. The highest BCUT2D eigenvalue weighted by Gasteiger charge is 2.15. The molecule has 0 aliphatic carbocycles. The minimum Gasteiger partial charge on any atom is -0.480 e. The Bertz CT molecular complexity index is 491. The molecule has 1 N–H and O–H groups in total. The number of aryl methyl sites for hydroxylation is 1. The normalized spacial score (nSPS) is 12.1. The third kappa shape index (κ3) is 3.01. The lowest BCUT2D eigenvalue weighted by atomic mass is 10.1. The molecule has 0 bridgehead atoms. The predicted molar refractivity (Wildman–Crippen MR) is 66.1 cm³/mol. The van der Waals surface area contributed by atoms with E-state index in [1.807, 2.05) is 18.2 Å². The highest BCUT2D eigenvalue weighted by Crippen LogP contribution is 2.23. The molecule has 0 saturated heterocycles. The molecule has 0 aromatic carbocycles. The zero-order valence-corrected chi connectivity index (χ0v) is 10.2. The Labute approximate surface area is 106 Å². The molecule has 0 aliphatic heterocycles. The van der Waals surface area contributed by atoms with Crippen molar-refractivity contribution in [1.82, 2.24) is 15.0 Å². The Hall–Kier alpha value is -2.01. The van der Waals surface area contributed by atoms with Gasteiger partial charge in [-0.3, -0.25) is 9.97 Å². The monoisotopic (exact) mass is 245 g/mol. The minimum absolute atomic E-state index is 0.367. The Balaban J connectivity index is 2.01. The molecule has 94 valence electrons. The number of aromatic nitrogens is 3. The standard InChI is InChI=1S/C13H15N3O2/c1-18-13-12(15-8-9-16-13)11(17)6-5-10-4-2-3-7-14-10/h2-4,7-9,11,17H,5-6H2,1H3. The van der Waals surface area contributed by atoms with E-state index in [0.717, 1.165) is 5.69 Å². The van der Waals surface area contributed by atoms with Crippen LogP contribution < -0.4 is 4.74 Å². The molecule has 0 radical (unpaired) electrons. The first kappa shape index (κ1) is 12.4. The van der Waals surface area contributed by atoms with Gasteiger partial charge in [-0.2, -0.15) is 0 Å². The number of aliphatic hydroxyl groups is 1. The van der Waals surface area contributed by atoms with Crippen LogP contribution in [-0.2, 0) is 6.42 Å². The van der Waals surface area contributed by atoms with Crippen molar-refractivity contribution < 1.29 is 9.84 Å². The van der Waals surface area contributed by atoms with E-state index in [1.54, 1.807) is 12.4 Å². The lowest BCUT2D eigenvalue weighted by Gasteiger charge is -2.12. The summed E-state index contributed by atoms with van der Waals surface area (Å²) in [6, 6.07) is 5.73. The molecule has 0 amide bonds. The van der Waals surface area contributed by atoms with Crippen molar-refractivity contribution in [3.63, 3.8) is 0 Å². The number of aliphatic hydroxyl groups excluding tert-OH is 1. The minimum atomic E-state index is -0.698. The van der Waals surface area contributed by atoms with Crippen LogP contribution in [0, 0.1) is 0 Å². The Morgan fingerprint density at radius 3 is 2.72 bits per heavy atom. The molecule has 2 aromatic heterocycles. The summed E-state index contributed by atoms with van der Waals surface area (Å²) in [6.07, 6.45) is 5.34. The summed E-state index contributed by atoms with van der Waals surface area (Å²) < 4.78 is 5.07. The molecule has 1 atom stereocenters. The maximum absolute atomic E-state index is 10.1. The summed E-state index contributed by atoms with van der Waals surface area (Å²) in [5.41, 5.74) is 1.41. The third-order valence-corrected chi connectivity index (χ3v) is 2.60. The average molecular weight is 245 g/mol. The van der Waals surface area contributed by atoms with Gasteiger partial charge >= 0.3 is 0 Å². The van der Waals surface area contributed by atoms with E-state index >= 15 is 0 Å². The van der Waals surface area contributed by atoms with Crippen molar-refractivity contribution in [2.75, 3.05) is 7.11 Å². The Morgan fingerprint density at radius 1 is 1.17 bits per heavy atom. The van der Waals surface area contributed by atoms with E-state index in [4.69, 9.17) is 4.74 Å². The summed E-state index contributed by atoms with van der Waals surface area (Å²) in [7, 11) is 1.51. The SMILES string of the molecule is COc1nccnc1C(O)CCc1ccccn1. The fraction of sp³-hybridized carbons (Fsp3) is 0.308. The van der Waals surface area contributed by atoms with Gasteiger partial charge in [-0.25, -0.2) is 4.98 Å². The van der Waals surface area contributed by atoms with Gasteiger partial charge in [0.2, 0.25) is 5.88 Å². The molecule has 5 heteroatoms. The van der Waals surface area contributed by atoms with Crippen molar-refractivity contribution in [2.45, 2.75) is 18.9 Å². The Morgan fingerprint density at radius 2 is 2.00 bits per heavy atom. The van der Waals surface area contributed by atoms with Crippen LogP contribution in [0.2, 0.25) is 0 Å². The van der Waals surface area contributed by atoms with E-state index in [0.29, 0.717) is 24.4 Å². The van der Waals surface area contributed by atoms with Gasteiger partial charge in [0.15, 0.2) is 0 Å². The van der Waals surface area contributed by atoms with E-state index < -0.39 is 6.10 Å². The molecule has 1 unspecified atom stereocenters. The van der Waals surface area contributed by atoms with Crippen LogP contribution in [0.1, 0.15) is 23.9 Å². The predicted octanol–water partition coefficient (Wildman–Crippen LogP) is 1.55. The fourth-order valence-corrected chi connectivity index (χ4v) is 1.69. The lowest BCUT2D eigenvalue weighted by Crippen LogP contribution is -2.06. The largest absolute Gasteiger partial charge is 0.480 e. The highest BCUT2D eigenvalue weighted by molar-refractivity contribution is 5.19. The fourth-order valence-electron chi connectivity index (χ4n) is 1.69. The quantitative estimate of drug-likeness (QED) is 0.865. The molecule has 5 nitrogen and oxygen atoms in total. The van der Waals surface area contributed by atoms with Crippen LogP contribution in [0.3, 0.4) is 0 Å². The van der Waals surface area contributed by atoms with Crippen molar-refractivity contribution in [1.29, 1.82) is 0 Å². The van der Waals surface area contributed by atoms with Gasteiger partial charge in [0.05, 0.1) is 7.11 Å². The maximum atomic E-state index is 10.1. The van der Waals surface area contributed by atoms with Gasteiger partial charge in [0.25, 0.3) is 0 Å². The van der Waals surface area contributed by atoms with Crippen LogP contribution in [0.4, 0.5) is 0 Å². The molecule has 2 heterocycles. The number of hydrogen-bond acceptors (Lipinski definition) is 5. The number of rotatable bonds is 5. The lowest BCUT2D eigenvalue weighted by molar-refractivity contribution is 0.157. The van der Waals surface area contributed by atoms with Crippen LogP contribution in [0.5, 0.6) is 5.88 Å². The topological polar surface area (TPSA) is 68.1 Å². The van der Waals surface area contributed by atoms with E-state index in [-0.39, 0.29) is 0 Å². The number of pyridine rings is 1. The maximum Gasteiger partial charge on any atom is 0.238 e. The first-order valence-electron chi connectivity index (χ1n) is 5.74. The number of nitrogens with zero attached hydrogens (tertiary/aromatic N) is 3. The molecule has 0 saturated carbocycles. The average Bonchev–Trinajstić information content (AvgIpc) is 2.45. The molecule has 0 aliphatic rings. The molecule has 18 heavy (non-hydrogen) atoms. The van der Waals surface area contributed by atoms with Gasteiger partial charge in [0.1, 0.15) is 11.8 Å². The zero-order chi connectivity index (χ0) is 12.8. The van der Waals surface area contributed by atoms with Crippen molar-refractivity contribution in [3.05, 3.63) is 48.2 Å². The number of hydrogen-bond donors (Lipinski definition) is 1. The molecule has 0 fully saturated rings. The van der Waals surface area contributed by atoms with Gasteiger partial charge in [-0.05, 0) is 25.0 Å². The number of methoxy groups -OCH3 is 1. The highest BCUT2D eigenvalue weighted by atomic mass is 16.5. The van der Waals surface area contributed by atoms with Gasteiger partial charge in [-0.15, -0.1) is 0 Å². The summed E-state index contributed by atoms with van der Waals surface area (Å²) in [5, 5.41) is 10.1. The first-order valence-corrected chi connectivity index (χ1v) is 5.74. The Kier molecular flexibility index (Phi) is 4.20. The molecule has 0 spiro atoms. The van der Waals surface area contributed by atoms with Crippen molar-refractivity contribution in [3.8, 4) is 5.88 Å². The van der Waals surface area contributed by atoms with Crippen LogP contribution in [-0.4, -0.2) is 27.2 Å². The van der Waals surface area contributed by atoms with Gasteiger partial charge < -0.3 is 9.84 Å². The summed E-state index contributed by atoms with van der Waals surface area (Å²) in [4.78, 5) is 12.3. The summed E-state index contributed by atoms with van der Waals surface area (Å²) in [6.45, 7) is 0. The molecular formula is C13H15N3O2. The van der Waals surface area contributed by atoms with Gasteiger partial charge in [-0.1, -0.05) is 6.07 Å². The summed E-state index contributed by atoms with van der Waals surface area (Å²) >= 11 is 0.